The van der Waals surface area contributed by atoms with Crippen LogP contribution in [0.5, 0.6) is 5.75 Å². The first-order valence-electron chi connectivity index (χ1n) is 6.64. The van der Waals surface area contributed by atoms with Crippen molar-refractivity contribution in [1.82, 2.24) is 9.55 Å². The molecule has 1 aromatic heterocycles. The quantitative estimate of drug-likeness (QED) is 0.627. The van der Waals surface area contributed by atoms with Gasteiger partial charge in [0.2, 0.25) is 0 Å². The molecular weight excluding hydrogens is 291 g/mol. The highest BCUT2D eigenvalue weighted by Gasteiger charge is 2.05. The molecule has 5 heteroatoms. The Labute approximate surface area is 128 Å². The van der Waals surface area contributed by atoms with Crippen molar-refractivity contribution < 1.29 is 9.13 Å². The molecule has 1 heterocycles. The summed E-state index contributed by atoms with van der Waals surface area (Å²) in [6.07, 6.45) is 4.81. The lowest BCUT2D eigenvalue weighted by molar-refractivity contribution is 0.301. The van der Waals surface area contributed by atoms with Gasteiger partial charge in [-0.15, -0.1) is 11.6 Å². The van der Waals surface area contributed by atoms with E-state index in [1.54, 1.807) is 18.3 Å². The summed E-state index contributed by atoms with van der Waals surface area (Å²) in [7, 11) is 1.91. The van der Waals surface area contributed by atoms with Crippen LogP contribution in [0.2, 0.25) is 0 Å². The van der Waals surface area contributed by atoms with Crippen LogP contribution in [0, 0.1) is 17.7 Å². The molecule has 110 valence electrons. The Morgan fingerprint density at radius 3 is 3.00 bits per heavy atom. The van der Waals surface area contributed by atoms with Crippen LogP contribution in [0.4, 0.5) is 4.39 Å². The van der Waals surface area contributed by atoms with Gasteiger partial charge in [0, 0.05) is 43.7 Å². The fourth-order valence-corrected chi connectivity index (χ4v) is 1.89. The number of benzene rings is 1. The molecular formula is C16H16ClFN2O. The van der Waals surface area contributed by atoms with Gasteiger partial charge in [0.15, 0.2) is 11.6 Å². The zero-order valence-electron chi connectivity index (χ0n) is 11.8. The number of aromatic nitrogens is 2. The second-order valence-electron chi connectivity index (χ2n) is 4.44. The molecule has 0 unspecified atom stereocenters. The molecule has 0 atom stereocenters. The van der Waals surface area contributed by atoms with Crippen LogP contribution in [0.15, 0.2) is 30.6 Å². The number of hydrogen-bond donors (Lipinski definition) is 0. The average molecular weight is 307 g/mol. The lowest BCUT2D eigenvalue weighted by Crippen LogP contribution is -2.07. The van der Waals surface area contributed by atoms with Crippen molar-refractivity contribution >= 4 is 11.6 Å². The molecule has 0 aliphatic rings. The maximum atomic E-state index is 13.7. The molecule has 0 N–H and O–H groups in total. The summed E-state index contributed by atoms with van der Waals surface area (Å²) in [4.78, 5) is 4.19. The van der Waals surface area contributed by atoms with Gasteiger partial charge in [-0.1, -0.05) is 11.8 Å². The smallest absolute Gasteiger partial charge is 0.165 e. The van der Waals surface area contributed by atoms with Crippen molar-refractivity contribution in [2.24, 2.45) is 7.05 Å². The van der Waals surface area contributed by atoms with E-state index in [0.717, 1.165) is 5.82 Å². The number of halogens is 2. The van der Waals surface area contributed by atoms with E-state index < -0.39 is 5.82 Å². The van der Waals surface area contributed by atoms with Gasteiger partial charge in [-0.2, -0.15) is 0 Å². The largest absolute Gasteiger partial charge is 0.490 e. The second-order valence-corrected chi connectivity index (χ2v) is 4.82. The van der Waals surface area contributed by atoms with Gasteiger partial charge in [-0.05, 0) is 18.2 Å². The predicted octanol–water partition coefficient (Wildman–Crippen LogP) is 3.16. The zero-order valence-corrected chi connectivity index (χ0v) is 12.5. The topological polar surface area (TPSA) is 27.1 Å². The van der Waals surface area contributed by atoms with Gasteiger partial charge >= 0.3 is 0 Å². The van der Waals surface area contributed by atoms with Gasteiger partial charge in [0.05, 0.1) is 6.61 Å². The Morgan fingerprint density at radius 1 is 1.43 bits per heavy atom. The molecule has 0 saturated heterocycles. The van der Waals surface area contributed by atoms with Crippen LogP contribution in [-0.2, 0) is 13.5 Å². The van der Waals surface area contributed by atoms with Crippen molar-refractivity contribution in [3.05, 3.63) is 47.8 Å². The maximum Gasteiger partial charge on any atom is 0.165 e. The molecule has 21 heavy (non-hydrogen) atoms. The molecule has 0 amide bonds. The number of imidazole rings is 1. The molecule has 3 nitrogen and oxygen atoms in total. The van der Waals surface area contributed by atoms with Crippen LogP contribution >= 0.6 is 11.6 Å². The van der Waals surface area contributed by atoms with Gasteiger partial charge in [0.1, 0.15) is 5.82 Å². The lowest BCUT2D eigenvalue weighted by atomic mass is 10.2. The van der Waals surface area contributed by atoms with Gasteiger partial charge in [-0.25, -0.2) is 9.37 Å². The molecule has 0 aliphatic heterocycles. The first-order valence-corrected chi connectivity index (χ1v) is 7.17. The minimum atomic E-state index is -0.391. The van der Waals surface area contributed by atoms with E-state index in [1.807, 2.05) is 17.8 Å². The van der Waals surface area contributed by atoms with Gasteiger partial charge in [-0.3, -0.25) is 0 Å². The zero-order chi connectivity index (χ0) is 15.1. The fourth-order valence-electron chi connectivity index (χ4n) is 1.79. The van der Waals surface area contributed by atoms with E-state index in [2.05, 4.69) is 16.8 Å². The fraction of sp³-hybridized carbons (Fsp3) is 0.312. The first kappa shape index (κ1) is 15.4. The van der Waals surface area contributed by atoms with Gasteiger partial charge < -0.3 is 9.30 Å². The monoisotopic (exact) mass is 306 g/mol. The van der Waals surface area contributed by atoms with E-state index >= 15 is 0 Å². The highest BCUT2D eigenvalue weighted by molar-refractivity contribution is 6.18. The van der Waals surface area contributed by atoms with Crippen LogP contribution in [0.1, 0.15) is 17.8 Å². The van der Waals surface area contributed by atoms with Crippen molar-refractivity contribution in [3.63, 3.8) is 0 Å². The Kier molecular flexibility index (Phi) is 5.65. The molecule has 2 aromatic rings. The minimum Gasteiger partial charge on any atom is -0.490 e. The lowest BCUT2D eigenvalue weighted by Gasteiger charge is -2.07. The number of alkyl halides is 1. The molecule has 1 aromatic carbocycles. The average Bonchev–Trinajstić information content (AvgIpc) is 2.88. The summed E-state index contributed by atoms with van der Waals surface area (Å²) in [5.41, 5.74) is 0.716. The minimum absolute atomic E-state index is 0.210. The predicted molar refractivity (Wildman–Crippen MR) is 81.0 cm³/mol. The van der Waals surface area contributed by atoms with E-state index in [-0.39, 0.29) is 5.75 Å². The Bertz CT molecular complexity index is 658. The third-order valence-electron chi connectivity index (χ3n) is 2.89. The summed E-state index contributed by atoms with van der Waals surface area (Å²) < 4.78 is 21.1. The van der Waals surface area contributed by atoms with E-state index in [1.165, 1.54) is 6.07 Å². The summed E-state index contributed by atoms with van der Waals surface area (Å²) in [6, 6.07) is 4.60. The SMILES string of the molecule is Cn1ccnc1CCOc1cc(C#CCCCl)ccc1F. The Morgan fingerprint density at radius 2 is 2.29 bits per heavy atom. The summed E-state index contributed by atoms with van der Waals surface area (Å²) >= 11 is 5.56. The first-order chi connectivity index (χ1) is 10.2. The van der Waals surface area contributed by atoms with Crippen LogP contribution in [0.3, 0.4) is 0 Å². The van der Waals surface area contributed by atoms with E-state index in [9.17, 15) is 4.39 Å². The molecule has 0 saturated carbocycles. The van der Waals surface area contributed by atoms with Crippen LogP contribution in [0.25, 0.3) is 0 Å². The highest BCUT2D eigenvalue weighted by atomic mass is 35.5. The molecule has 0 fully saturated rings. The van der Waals surface area contributed by atoms with E-state index in [0.29, 0.717) is 30.9 Å². The number of hydrogen-bond acceptors (Lipinski definition) is 2. The number of rotatable bonds is 5. The van der Waals surface area contributed by atoms with E-state index in [4.69, 9.17) is 16.3 Å². The number of aryl methyl sites for hydroxylation is 1. The number of nitrogens with zero attached hydrogens (tertiary/aromatic N) is 2. The molecule has 2 rings (SSSR count). The summed E-state index contributed by atoms with van der Waals surface area (Å²) in [5.74, 6) is 7.04. The van der Waals surface area contributed by atoms with Crippen molar-refractivity contribution in [2.45, 2.75) is 12.8 Å². The van der Waals surface area contributed by atoms with Gasteiger partial charge in [0.25, 0.3) is 0 Å². The summed E-state index contributed by atoms with van der Waals surface area (Å²) in [5, 5.41) is 0. The van der Waals surface area contributed by atoms with Crippen molar-refractivity contribution in [1.29, 1.82) is 0 Å². The molecule has 0 spiro atoms. The Balaban J connectivity index is 1.97. The molecule has 0 radical (unpaired) electrons. The normalized spacial score (nSPS) is 10.0. The highest BCUT2D eigenvalue weighted by Crippen LogP contribution is 2.18. The maximum absolute atomic E-state index is 13.7. The molecule has 0 aliphatic carbocycles. The van der Waals surface area contributed by atoms with Crippen molar-refractivity contribution in [3.8, 4) is 17.6 Å². The number of ether oxygens (including phenoxy) is 1. The van der Waals surface area contributed by atoms with Crippen LogP contribution in [-0.4, -0.2) is 22.0 Å². The standard InChI is InChI=1S/C16H16ClFN2O/c1-20-10-9-19-16(20)7-11-21-15-12-13(4-2-3-8-17)5-6-14(15)18/h5-6,9-10,12H,3,7-8,11H2,1H3. The third kappa shape index (κ3) is 4.51. The van der Waals surface area contributed by atoms with Crippen LogP contribution < -0.4 is 4.74 Å². The molecule has 0 bridgehead atoms. The summed E-state index contributed by atoms with van der Waals surface area (Å²) in [6.45, 7) is 0.361. The van der Waals surface area contributed by atoms with Crippen molar-refractivity contribution in [2.75, 3.05) is 12.5 Å². The Hall–Kier alpha value is -1.99. The second kappa shape index (κ2) is 7.70. The third-order valence-corrected chi connectivity index (χ3v) is 3.08.